The van der Waals surface area contributed by atoms with Crippen molar-refractivity contribution in [1.29, 1.82) is 0 Å². The summed E-state index contributed by atoms with van der Waals surface area (Å²) < 4.78 is 5.37. The molecule has 1 aliphatic heterocycles. The molecule has 5 rings (SSSR count). The summed E-state index contributed by atoms with van der Waals surface area (Å²) in [5.74, 6) is -0.699. The van der Waals surface area contributed by atoms with Crippen LogP contribution in [0.15, 0.2) is 95.9 Å². The van der Waals surface area contributed by atoms with Crippen LogP contribution in [0.5, 0.6) is 0 Å². The highest BCUT2D eigenvalue weighted by Gasteiger charge is 2.29. The SMILES string of the molecule is CCOC(=O)c1c(NC(=O)CSc2cccc(NC(=O)/C=C/c3ccccc3)c2)sc2c1CCN(Cc1ccccc1)C2. The van der Waals surface area contributed by atoms with Crippen molar-refractivity contribution in [2.45, 2.75) is 31.3 Å². The Bertz CT molecular complexity index is 1600. The van der Waals surface area contributed by atoms with E-state index in [0.29, 0.717) is 22.8 Å². The quantitative estimate of drug-likeness (QED) is 0.109. The van der Waals surface area contributed by atoms with Crippen LogP contribution in [-0.2, 0) is 33.8 Å². The van der Waals surface area contributed by atoms with Crippen molar-refractivity contribution in [2.24, 2.45) is 0 Å². The van der Waals surface area contributed by atoms with Crippen molar-refractivity contribution in [3.63, 3.8) is 0 Å². The monoisotopic (exact) mass is 611 g/mol. The number of amides is 2. The Morgan fingerprint density at radius 2 is 1.74 bits per heavy atom. The van der Waals surface area contributed by atoms with Gasteiger partial charge in [-0.15, -0.1) is 23.1 Å². The van der Waals surface area contributed by atoms with Gasteiger partial charge in [-0.3, -0.25) is 14.5 Å². The summed E-state index contributed by atoms with van der Waals surface area (Å²) in [4.78, 5) is 42.7. The Balaban J connectivity index is 1.21. The number of carbonyl (C=O) groups is 3. The number of fused-ring (bicyclic) bond motifs is 1. The number of hydrogen-bond acceptors (Lipinski definition) is 7. The van der Waals surface area contributed by atoms with Gasteiger partial charge < -0.3 is 15.4 Å². The molecule has 1 aliphatic rings. The molecule has 0 radical (unpaired) electrons. The number of esters is 1. The summed E-state index contributed by atoms with van der Waals surface area (Å²) in [6.45, 7) is 4.41. The minimum absolute atomic E-state index is 0.149. The number of nitrogens with one attached hydrogen (secondary N) is 2. The number of benzene rings is 3. The second kappa shape index (κ2) is 14.8. The summed E-state index contributed by atoms with van der Waals surface area (Å²) in [7, 11) is 0. The van der Waals surface area contributed by atoms with Crippen molar-refractivity contribution in [2.75, 3.05) is 29.5 Å². The molecule has 9 heteroatoms. The molecule has 0 bridgehead atoms. The first kappa shape index (κ1) is 30.3. The third-order valence-corrected chi connectivity index (χ3v) is 8.94. The minimum Gasteiger partial charge on any atom is -0.462 e. The van der Waals surface area contributed by atoms with Gasteiger partial charge in [-0.1, -0.05) is 66.7 Å². The van der Waals surface area contributed by atoms with E-state index in [4.69, 9.17) is 4.74 Å². The maximum Gasteiger partial charge on any atom is 0.341 e. The highest BCUT2D eigenvalue weighted by atomic mass is 32.2. The number of rotatable bonds is 11. The predicted molar refractivity (Wildman–Crippen MR) is 174 cm³/mol. The first-order valence-electron chi connectivity index (χ1n) is 14.1. The first-order chi connectivity index (χ1) is 21.0. The zero-order valence-electron chi connectivity index (χ0n) is 23.9. The van der Waals surface area contributed by atoms with E-state index in [2.05, 4.69) is 27.7 Å². The number of carbonyl (C=O) groups excluding carboxylic acids is 3. The Morgan fingerprint density at radius 1 is 0.977 bits per heavy atom. The molecule has 0 fully saturated rings. The van der Waals surface area contributed by atoms with Crippen LogP contribution in [0.1, 0.15) is 38.8 Å². The van der Waals surface area contributed by atoms with Gasteiger partial charge in [0.15, 0.2) is 0 Å². The standard InChI is InChI=1S/C34H33N3O4S2/c1-2-41-34(40)32-28-18-19-37(21-25-12-7-4-8-13-25)22-29(28)43-33(32)36-31(39)23-42-27-15-9-14-26(20-27)35-30(38)17-16-24-10-5-3-6-11-24/h3-17,20H,2,18-19,21-23H2,1H3,(H,35,38)(H,36,39)/b17-16+. The maximum absolute atomic E-state index is 13.1. The van der Waals surface area contributed by atoms with Crippen LogP contribution in [0.4, 0.5) is 10.7 Å². The van der Waals surface area contributed by atoms with E-state index in [9.17, 15) is 14.4 Å². The molecule has 0 atom stereocenters. The lowest BCUT2D eigenvalue weighted by atomic mass is 10.0. The zero-order chi connectivity index (χ0) is 30.0. The number of anilines is 2. The number of ether oxygens (including phenoxy) is 1. The molecule has 0 spiro atoms. The third-order valence-electron chi connectivity index (χ3n) is 6.82. The van der Waals surface area contributed by atoms with E-state index in [-0.39, 0.29) is 24.2 Å². The Morgan fingerprint density at radius 3 is 2.51 bits per heavy atom. The Labute approximate surface area is 260 Å². The van der Waals surface area contributed by atoms with Gasteiger partial charge in [-0.05, 0) is 54.3 Å². The molecule has 220 valence electrons. The van der Waals surface area contributed by atoms with Crippen LogP contribution >= 0.6 is 23.1 Å². The number of nitrogens with zero attached hydrogens (tertiary/aromatic N) is 1. The van der Waals surface area contributed by atoms with Gasteiger partial charge in [-0.2, -0.15) is 0 Å². The molecule has 0 unspecified atom stereocenters. The van der Waals surface area contributed by atoms with E-state index in [0.717, 1.165) is 40.4 Å². The fourth-order valence-corrected chi connectivity index (χ4v) is 6.88. The molecule has 1 aromatic heterocycles. The van der Waals surface area contributed by atoms with Gasteiger partial charge in [0.25, 0.3) is 0 Å². The lowest BCUT2D eigenvalue weighted by molar-refractivity contribution is -0.114. The second-order valence-corrected chi connectivity index (χ2v) is 12.1. The molecular weight excluding hydrogens is 579 g/mol. The van der Waals surface area contributed by atoms with Crippen molar-refractivity contribution in [3.8, 4) is 0 Å². The predicted octanol–water partition coefficient (Wildman–Crippen LogP) is 6.87. The molecule has 7 nitrogen and oxygen atoms in total. The van der Waals surface area contributed by atoms with E-state index in [1.807, 2.05) is 66.7 Å². The van der Waals surface area contributed by atoms with E-state index < -0.39 is 5.97 Å². The Hall–Kier alpha value is -4.18. The van der Waals surface area contributed by atoms with Crippen LogP contribution < -0.4 is 10.6 Å². The van der Waals surface area contributed by atoms with Crippen molar-refractivity contribution in [1.82, 2.24) is 4.90 Å². The van der Waals surface area contributed by atoms with Crippen molar-refractivity contribution in [3.05, 3.63) is 118 Å². The number of hydrogen-bond donors (Lipinski definition) is 2. The largest absolute Gasteiger partial charge is 0.462 e. The lowest BCUT2D eigenvalue weighted by Crippen LogP contribution is -2.30. The topological polar surface area (TPSA) is 87.7 Å². The zero-order valence-corrected chi connectivity index (χ0v) is 25.5. The molecule has 2 N–H and O–H groups in total. The molecule has 43 heavy (non-hydrogen) atoms. The molecule has 0 saturated carbocycles. The third kappa shape index (κ3) is 8.44. The smallest absolute Gasteiger partial charge is 0.341 e. The van der Waals surface area contributed by atoms with Crippen LogP contribution in [0.2, 0.25) is 0 Å². The molecule has 3 aromatic carbocycles. The van der Waals surface area contributed by atoms with Crippen LogP contribution in [0.25, 0.3) is 6.08 Å². The van der Waals surface area contributed by atoms with Crippen molar-refractivity contribution >= 4 is 57.6 Å². The highest BCUT2D eigenvalue weighted by Crippen LogP contribution is 2.38. The lowest BCUT2D eigenvalue weighted by Gasteiger charge is -2.27. The summed E-state index contributed by atoms with van der Waals surface area (Å²) in [6, 6.07) is 27.3. The summed E-state index contributed by atoms with van der Waals surface area (Å²) in [6.07, 6.45) is 3.97. The molecule has 4 aromatic rings. The van der Waals surface area contributed by atoms with Crippen LogP contribution in [0, 0.1) is 0 Å². The highest BCUT2D eigenvalue weighted by molar-refractivity contribution is 8.00. The Kier molecular flexibility index (Phi) is 10.4. The second-order valence-electron chi connectivity index (χ2n) is 9.97. The van der Waals surface area contributed by atoms with E-state index in [1.54, 1.807) is 19.1 Å². The van der Waals surface area contributed by atoms with Crippen LogP contribution in [-0.4, -0.2) is 41.6 Å². The number of thiophene rings is 1. The van der Waals surface area contributed by atoms with Crippen LogP contribution in [0.3, 0.4) is 0 Å². The minimum atomic E-state index is -0.399. The number of thioether (sulfide) groups is 1. The van der Waals surface area contributed by atoms with Gasteiger partial charge in [-0.25, -0.2) is 4.79 Å². The van der Waals surface area contributed by atoms with Gasteiger partial charge in [0.1, 0.15) is 5.00 Å². The fraction of sp³-hybridized carbons (Fsp3) is 0.206. The summed E-state index contributed by atoms with van der Waals surface area (Å²) in [5, 5.41) is 6.39. The van der Waals surface area contributed by atoms with Gasteiger partial charge >= 0.3 is 5.97 Å². The fourth-order valence-electron chi connectivity index (χ4n) is 4.84. The van der Waals surface area contributed by atoms with Crippen molar-refractivity contribution < 1.29 is 19.1 Å². The molecule has 2 amide bonds. The first-order valence-corrected chi connectivity index (χ1v) is 15.9. The van der Waals surface area contributed by atoms with Gasteiger partial charge in [0.2, 0.25) is 11.8 Å². The average molecular weight is 612 g/mol. The normalized spacial score (nSPS) is 13.0. The summed E-state index contributed by atoms with van der Waals surface area (Å²) in [5.41, 5.74) is 4.28. The van der Waals surface area contributed by atoms with Gasteiger partial charge in [0, 0.05) is 41.2 Å². The van der Waals surface area contributed by atoms with E-state index in [1.165, 1.54) is 34.7 Å². The van der Waals surface area contributed by atoms with E-state index >= 15 is 0 Å². The molecule has 0 saturated heterocycles. The van der Waals surface area contributed by atoms with Gasteiger partial charge in [0.05, 0.1) is 17.9 Å². The average Bonchev–Trinajstić information content (AvgIpc) is 3.37. The summed E-state index contributed by atoms with van der Waals surface area (Å²) >= 11 is 2.81. The maximum atomic E-state index is 13.1. The molecule has 0 aliphatic carbocycles. The molecule has 2 heterocycles. The molecular formula is C34H33N3O4S2.